The number of guanidine groups is 1. The predicted molar refractivity (Wildman–Crippen MR) is 143 cm³/mol. The van der Waals surface area contributed by atoms with E-state index < -0.39 is 0 Å². The molecule has 0 bridgehead atoms. The van der Waals surface area contributed by atoms with Gasteiger partial charge in [0.1, 0.15) is 23.4 Å². The first kappa shape index (κ1) is 27.0. The highest BCUT2D eigenvalue weighted by molar-refractivity contribution is 14.0. The predicted octanol–water partition coefficient (Wildman–Crippen LogP) is 3.46. The number of aliphatic imine (C=N–C) groups is 1. The summed E-state index contributed by atoms with van der Waals surface area (Å²) >= 11 is 0. The molecule has 1 aliphatic heterocycles. The summed E-state index contributed by atoms with van der Waals surface area (Å²) < 4.78 is 16.8. The molecular weight excluding hydrogens is 533 g/mol. The molecule has 33 heavy (non-hydrogen) atoms. The number of pyridine rings is 1. The second kappa shape index (κ2) is 14.1. The van der Waals surface area contributed by atoms with E-state index >= 15 is 0 Å². The number of benzene rings is 1. The van der Waals surface area contributed by atoms with E-state index in [2.05, 4.69) is 44.6 Å². The Hall–Kier alpha value is -2.27. The average molecular weight is 569 g/mol. The minimum atomic E-state index is -0.0390. The first-order chi connectivity index (χ1) is 15.6. The van der Waals surface area contributed by atoms with E-state index in [9.17, 15) is 0 Å². The van der Waals surface area contributed by atoms with Crippen LogP contribution in [-0.4, -0.2) is 63.0 Å². The van der Waals surface area contributed by atoms with Crippen LogP contribution in [0, 0.1) is 0 Å². The van der Waals surface area contributed by atoms with E-state index in [1.807, 2.05) is 44.3 Å². The molecule has 1 aromatic heterocycles. The maximum absolute atomic E-state index is 5.98. The summed E-state index contributed by atoms with van der Waals surface area (Å²) in [4.78, 5) is 11.6. The highest BCUT2D eigenvalue weighted by Gasteiger charge is 2.17. The van der Waals surface area contributed by atoms with Crippen LogP contribution in [0.5, 0.6) is 11.5 Å². The number of halogens is 1. The molecule has 1 aromatic carbocycles. The van der Waals surface area contributed by atoms with Gasteiger partial charge in [-0.15, -0.1) is 24.0 Å². The molecule has 9 heteroatoms. The standard InChI is InChI=1S/C24H35N5O3.HI/c1-5-25-24(27-14-18(2)32-22-8-6-7-21(13-22)30-4)28-16-20-9-10-23(26-15-20)29-11-12-31-19(3)17-29;/h6-10,13,15,18-19H,5,11-12,14,16-17H2,1-4H3,(H2,25,27,28);1H. The minimum Gasteiger partial charge on any atom is -0.497 e. The fourth-order valence-electron chi connectivity index (χ4n) is 3.42. The van der Waals surface area contributed by atoms with Crippen molar-refractivity contribution in [2.24, 2.45) is 4.99 Å². The van der Waals surface area contributed by atoms with Gasteiger partial charge in [0.25, 0.3) is 0 Å². The summed E-state index contributed by atoms with van der Waals surface area (Å²) in [7, 11) is 1.65. The van der Waals surface area contributed by atoms with E-state index in [0.717, 1.165) is 55.1 Å². The summed E-state index contributed by atoms with van der Waals surface area (Å²) in [6.07, 6.45) is 2.10. The second-order valence-electron chi connectivity index (χ2n) is 7.84. The lowest BCUT2D eigenvalue weighted by molar-refractivity contribution is 0.0529. The van der Waals surface area contributed by atoms with E-state index in [0.29, 0.717) is 13.1 Å². The van der Waals surface area contributed by atoms with E-state index in [-0.39, 0.29) is 36.2 Å². The molecule has 2 aromatic rings. The van der Waals surface area contributed by atoms with E-state index in [1.165, 1.54) is 0 Å². The molecule has 2 N–H and O–H groups in total. The van der Waals surface area contributed by atoms with Gasteiger partial charge in [-0.1, -0.05) is 12.1 Å². The molecule has 1 fully saturated rings. The number of hydrogen-bond acceptors (Lipinski definition) is 6. The van der Waals surface area contributed by atoms with Crippen LogP contribution in [0.1, 0.15) is 26.3 Å². The number of methoxy groups -OCH3 is 1. The minimum absolute atomic E-state index is 0. The molecule has 1 saturated heterocycles. The number of rotatable bonds is 9. The van der Waals surface area contributed by atoms with Gasteiger partial charge in [0.05, 0.1) is 32.9 Å². The van der Waals surface area contributed by atoms with Crippen LogP contribution in [0.2, 0.25) is 0 Å². The number of nitrogens with zero attached hydrogens (tertiary/aromatic N) is 3. The third-order valence-corrected chi connectivity index (χ3v) is 5.07. The van der Waals surface area contributed by atoms with Gasteiger partial charge in [0.2, 0.25) is 0 Å². The van der Waals surface area contributed by atoms with Crippen LogP contribution in [0.4, 0.5) is 5.82 Å². The Morgan fingerprint density at radius 3 is 2.79 bits per heavy atom. The maximum atomic E-state index is 5.98. The average Bonchev–Trinajstić information content (AvgIpc) is 2.81. The number of morpholine rings is 1. The molecule has 0 radical (unpaired) electrons. The van der Waals surface area contributed by atoms with Crippen molar-refractivity contribution in [1.82, 2.24) is 15.6 Å². The zero-order valence-electron chi connectivity index (χ0n) is 19.9. The number of nitrogens with one attached hydrogen (secondary N) is 2. The number of ether oxygens (including phenoxy) is 3. The summed E-state index contributed by atoms with van der Waals surface area (Å²) in [5.74, 6) is 3.29. The summed E-state index contributed by atoms with van der Waals surface area (Å²) in [6.45, 7) is 10.6. The quantitative estimate of drug-likeness (QED) is 0.272. The Labute approximate surface area is 214 Å². The van der Waals surface area contributed by atoms with Gasteiger partial charge >= 0.3 is 0 Å². The summed E-state index contributed by atoms with van der Waals surface area (Å²) in [5, 5.41) is 6.63. The van der Waals surface area contributed by atoms with Crippen molar-refractivity contribution in [3.05, 3.63) is 48.2 Å². The molecule has 0 spiro atoms. The van der Waals surface area contributed by atoms with Crippen LogP contribution in [0.25, 0.3) is 0 Å². The lowest BCUT2D eigenvalue weighted by atomic mass is 10.2. The van der Waals surface area contributed by atoms with Crippen LogP contribution >= 0.6 is 24.0 Å². The Kier molecular flexibility index (Phi) is 11.5. The molecule has 0 aliphatic carbocycles. The number of aromatic nitrogens is 1. The molecule has 2 atom stereocenters. The van der Waals surface area contributed by atoms with Gasteiger partial charge in [0.15, 0.2) is 5.96 Å². The van der Waals surface area contributed by atoms with Crippen molar-refractivity contribution in [3.63, 3.8) is 0 Å². The molecule has 8 nitrogen and oxygen atoms in total. The molecule has 0 amide bonds. The third-order valence-electron chi connectivity index (χ3n) is 5.07. The van der Waals surface area contributed by atoms with Crippen molar-refractivity contribution in [2.45, 2.75) is 39.5 Å². The van der Waals surface area contributed by atoms with Gasteiger partial charge in [0, 0.05) is 31.9 Å². The number of hydrogen-bond donors (Lipinski definition) is 2. The number of anilines is 1. The Morgan fingerprint density at radius 1 is 1.27 bits per heavy atom. The fourth-order valence-corrected chi connectivity index (χ4v) is 3.42. The van der Waals surface area contributed by atoms with Crippen molar-refractivity contribution >= 4 is 35.8 Å². The Balaban J connectivity index is 0.00000385. The third kappa shape index (κ3) is 8.88. The zero-order chi connectivity index (χ0) is 22.8. The summed E-state index contributed by atoms with van der Waals surface area (Å²) in [6, 6.07) is 11.8. The van der Waals surface area contributed by atoms with Gasteiger partial charge in [-0.05, 0) is 44.5 Å². The summed E-state index contributed by atoms with van der Waals surface area (Å²) in [5.41, 5.74) is 1.06. The molecule has 2 unspecified atom stereocenters. The van der Waals surface area contributed by atoms with E-state index in [4.69, 9.17) is 14.2 Å². The first-order valence-electron chi connectivity index (χ1n) is 11.2. The van der Waals surface area contributed by atoms with Gasteiger partial charge in [-0.3, -0.25) is 0 Å². The SMILES string of the molecule is CCNC(=NCc1ccc(N2CCOC(C)C2)nc1)NCC(C)Oc1cccc(OC)c1.I. The Bertz CT molecular complexity index is 865. The highest BCUT2D eigenvalue weighted by Crippen LogP contribution is 2.20. The molecule has 182 valence electrons. The van der Waals surface area contributed by atoms with Crippen molar-refractivity contribution in [3.8, 4) is 11.5 Å². The van der Waals surface area contributed by atoms with Crippen LogP contribution < -0.4 is 25.0 Å². The van der Waals surface area contributed by atoms with Gasteiger partial charge in [-0.2, -0.15) is 0 Å². The monoisotopic (exact) mass is 569 g/mol. The largest absolute Gasteiger partial charge is 0.497 e. The topological polar surface area (TPSA) is 80.2 Å². The normalized spacial score (nSPS) is 17.0. The van der Waals surface area contributed by atoms with Gasteiger partial charge in [-0.25, -0.2) is 9.98 Å². The smallest absolute Gasteiger partial charge is 0.191 e. The van der Waals surface area contributed by atoms with Crippen LogP contribution in [-0.2, 0) is 11.3 Å². The first-order valence-corrected chi connectivity index (χ1v) is 11.2. The van der Waals surface area contributed by atoms with Crippen molar-refractivity contribution in [2.75, 3.05) is 44.8 Å². The fraction of sp³-hybridized carbons (Fsp3) is 0.500. The zero-order valence-corrected chi connectivity index (χ0v) is 22.2. The maximum Gasteiger partial charge on any atom is 0.191 e. The van der Waals surface area contributed by atoms with Crippen molar-refractivity contribution < 1.29 is 14.2 Å². The van der Waals surface area contributed by atoms with E-state index in [1.54, 1.807) is 7.11 Å². The molecule has 2 heterocycles. The second-order valence-corrected chi connectivity index (χ2v) is 7.84. The molecule has 3 rings (SSSR count). The Morgan fingerprint density at radius 2 is 2.09 bits per heavy atom. The van der Waals surface area contributed by atoms with Crippen LogP contribution in [0.3, 0.4) is 0 Å². The lowest BCUT2D eigenvalue weighted by Crippen LogP contribution is -2.41. The molecular formula is C24H36IN5O3. The molecule has 0 saturated carbocycles. The molecule has 1 aliphatic rings. The van der Waals surface area contributed by atoms with Crippen LogP contribution in [0.15, 0.2) is 47.6 Å². The van der Waals surface area contributed by atoms with Crippen molar-refractivity contribution in [1.29, 1.82) is 0 Å². The lowest BCUT2D eigenvalue weighted by Gasteiger charge is -2.32. The van der Waals surface area contributed by atoms with Gasteiger partial charge < -0.3 is 29.7 Å². The highest BCUT2D eigenvalue weighted by atomic mass is 127.